The number of amides is 1. The molecule has 2 aliphatic rings. The van der Waals surface area contributed by atoms with E-state index >= 15 is 0 Å². The zero-order valence-corrected chi connectivity index (χ0v) is 23.8. The minimum atomic E-state index is -4.85. The summed E-state index contributed by atoms with van der Waals surface area (Å²) in [5.41, 5.74) is -4.01. The Morgan fingerprint density at radius 1 is 1.26 bits per heavy atom. The number of carboxylic acids is 1. The van der Waals surface area contributed by atoms with E-state index in [0.717, 1.165) is 4.31 Å². The summed E-state index contributed by atoms with van der Waals surface area (Å²) in [6, 6.07) is 3.78. The van der Waals surface area contributed by atoms with E-state index in [4.69, 9.17) is 9.47 Å². The SMILES string of the molecule is CCn1cc(S(=O)(=O)N2C[C@H](CC3(C(=O)O)CC3)Oc3ccc(NC(=O)OC(C)(C)C(F)(F)F)cc32)c(OCCO)n1. The molecule has 0 radical (unpaired) electrons. The highest BCUT2D eigenvalue weighted by molar-refractivity contribution is 7.93. The first-order chi connectivity index (χ1) is 19.5. The summed E-state index contributed by atoms with van der Waals surface area (Å²) in [6.45, 7) is 2.40. The van der Waals surface area contributed by atoms with E-state index in [-0.39, 0.29) is 47.5 Å². The molecule has 0 spiro atoms. The first-order valence-corrected chi connectivity index (χ1v) is 14.4. The second-order valence-electron chi connectivity index (χ2n) is 10.5. The largest absolute Gasteiger partial charge is 0.486 e. The van der Waals surface area contributed by atoms with Crippen molar-refractivity contribution in [2.24, 2.45) is 5.41 Å². The third kappa shape index (κ3) is 6.21. The Hall–Kier alpha value is -3.73. The van der Waals surface area contributed by atoms with E-state index < -0.39 is 52.0 Å². The Morgan fingerprint density at radius 3 is 2.52 bits per heavy atom. The number of aryl methyl sites for hydroxylation is 1. The lowest BCUT2D eigenvalue weighted by atomic mass is 9.97. The van der Waals surface area contributed by atoms with Crippen LogP contribution in [-0.4, -0.2) is 78.1 Å². The Balaban J connectivity index is 1.71. The number of aliphatic hydroxyl groups excluding tert-OH is 1. The molecule has 1 atom stereocenters. The van der Waals surface area contributed by atoms with Crippen molar-refractivity contribution < 1.29 is 55.6 Å². The molecule has 13 nitrogen and oxygen atoms in total. The van der Waals surface area contributed by atoms with Gasteiger partial charge in [-0.05, 0) is 51.8 Å². The van der Waals surface area contributed by atoms with Crippen LogP contribution in [0.25, 0.3) is 0 Å². The van der Waals surface area contributed by atoms with Gasteiger partial charge in [0.25, 0.3) is 15.9 Å². The van der Waals surface area contributed by atoms with Crippen LogP contribution in [0.2, 0.25) is 0 Å². The highest BCUT2D eigenvalue weighted by Gasteiger charge is 2.53. The summed E-state index contributed by atoms with van der Waals surface area (Å²) >= 11 is 0. The molecule has 2 aromatic rings. The number of hydrogen-bond donors (Lipinski definition) is 3. The Bertz CT molecular complexity index is 1460. The molecule has 42 heavy (non-hydrogen) atoms. The van der Waals surface area contributed by atoms with Gasteiger partial charge in [-0.3, -0.25) is 19.1 Å². The molecule has 0 bridgehead atoms. The fraction of sp³-hybridized carbons (Fsp3) is 0.560. The summed E-state index contributed by atoms with van der Waals surface area (Å²) in [7, 11) is -4.48. The number of sulfonamides is 1. The number of nitrogens with zero attached hydrogens (tertiary/aromatic N) is 3. The predicted octanol–water partition coefficient (Wildman–Crippen LogP) is 3.37. The average molecular weight is 621 g/mol. The number of aliphatic hydroxyl groups is 1. The molecule has 3 N–H and O–H groups in total. The normalized spacial score (nSPS) is 18.1. The van der Waals surface area contributed by atoms with Gasteiger partial charge in [-0.15, -0.1) is 5.10 Å². The monoisotopic (exact) mass is 620 g/mol. The van der Waals surface area contributed by atoms with Crippen molar-refractivity contribution in [2.75, 3.05) is 29.4 Å². The zero-order chi connectivity index (χ0) is 31.1. The molecule has 2 heterocycles. The molecular formula is C25H31F3N4O9S. The van der Waals surface area contributed by atoms with Gasteiger partial charge in [-0.1, -0.05) is 0 Å². The van der Waals surface area contributed by atoms with E-state index in [0.29, 0.717) is 33.2 Å². The lowest BCUT2D eigenvalue weighted by molar-refractivity contribution is -0.242. The molecule has 17 heteroatoms. The van der Waals surface area contributed by atoms with E-state index in [1.165, 1.54) is 29.1 Å². The Morgan fingerprint density at radius 2 is 1.95 bits per heavy atom. The summed E-state index contributed by atoms with van der Waals surface area (Å²) in [5, 5.41) is 25.1. The number of alkyl halides is 3. The molecule has 4 rings (SSSR count). The summed E-state index contributed by atoms with van der Waals surface area (Å²) in [4.78, 5) is 23.8. The number of aromatic nitrogens is 2. The van der Waals surface area contributed by atoms with E-state index in [2.05, 4.69) is 15.2 Å². The van der Waals surface area contributed by atoms with Gasteiger partial charge < -0.3 is 24.4 Å². The van der Waals surface area contributed by atoms with Crippen molar-refractivity contribution in [2.45, 2.75) is 69.4 Å². The molecule has 1 aliphatic heterocycles. The van der Waals surface area contributed by atoms with Gasteiger partial charge in [0.2, 0.25) is 5.60 Å². The second-order valence-corrected chi connectivity index (χ2v) is 12.3. The molecule has 1 aromatic heterocycles. The fourth-order valence-electron chi connectivity index (χ4n) is 4.33. The number of nitrogens with one attached hydrogen (secondary N) is 1. The van der Waals surface area contributed by atoms with Gasteiger partial charge in [-0.2, -0.15) is 13.2 Å². The summed E-state index contributed by atoms with van der Waals surface area (Å²) < 4.78 is 85.9. The summed E-state index contributed by atoms with van der Waals surface area (Å²) in [6.07, 6.45) is -5.07. The smallest absolute Gasteiger partial charge is 0.427 e. The van der Waals surface area contributed by atoms with E-state index in [9.17, 15) is 41.4 Å². The van der Waals surface area contributed by atoms with Gasteiger partial charge >= 0.3 is 18.2 Å². The number of rotatable bonds is 11. The van der Waals surface area contributed by atoms with Crippen LogP contribution >= 0.6 is 0 Å². The number of benzene rings is 1. The van der Waals surface area contributed by atoms with Crippen LogP contribution in [0.15, 0.2) is 29.3 Å². The number of halogens is 3. The maximum Gasteiger partial charge on any atom is 0.427 e. The third-order valence-corrected chi connectivity index (χ3v) is 8.77. The van der Waals surface area contributed by atoms with Crippen LogP contribution in [0, 0.1) is 5.41 Å². The van der Waals surface area contributed by atoms with Gasteiger partial charge in [0.15, 0.2) is 4.90 Å². The van der Waals surface area contributed by atoms with Gasteiger partial charge in [0.1, 0.15) is 18.5 Å². The van der Waals surface area contributed by atoms with Crippen LogP contribution in [-0.2, 0) is 26.1 Å². The first kappa shape index (κ1) is 31.2. The van der Waals surface area contributed by atoms with Crippen LogP contribution < -0.4 is 19.1 Å². The molecular weight excluding hydrogens is 589 g/mol. The van der Waals surface area contributed by atoms with Crippen LogP contribution in [0.3, 0.4) is 0 Å². The average Bonchev–Trinajstić information content (AvgIpc) is 3.55. The predicted molar refractivity (Wildman–Crippen MR) is 140 cm³/mol. The highest BCUT2D eigenvalue weighted by atomic mass is 32.2. The van der Waals surface area contributed by atoms with Crippen molar-refractivity contribution in [1.82, 2.24) is 9.78 Å². The van der Waals surface area contributed by atoms with Crippen LogP contribution in [0.1, 0.15) is 40.0 Å². The number of anilines is 2. The van der Waals surface area contributed by atoms with Crippen molar-refractivity contribution in [3.8, 4) is 11.6 Å². The van der Waals surface area contributed by atoms with E-state index in [1.54, 1.807) is 6.92 Å². The molecule has 1 amide bonds. The number of carbonyl (C=O) groups is 2. The third-order valence-electron chi connectivity index (χ3n) is 7.01. The molecule has 232 valence electrons. The van der Waals surface area contributed by atoms with Crippen molar-refractivity contribution >= 4 is 33.5 Å². The van der Waals surface area contributed by atoms with Crippen molar-refractivity contribution in [1.29, 1.82) is 0 Å². The van der Waals surface area contributed by atoms with Gasteiger partial charge in [0.05, 0.1) is 24.3 Å². The fourth-order valence-corrected chi connectivity index (χ4v) is 5.91. The topological polar surface area (TPSA) is 170 Å². The van der Waals surface area contributed by atoms with Crippen molar-refractivity contribution in [3.63, 3.8) is 0 Å². The lowest BCUT2D eigenvalue weighted by Gasteiger charge is -2.36. The number of hydrogen-bond acceptors (Lipinski definition) is 9. The quantitative estimate of drug-likeness (QED) is 0.339. The number of carboxylic acid groups (broad SMARTS) is 1. The van der Waals surface area contributed by atoms with Crippen LogP contribution in [0.4, 0.5) is 29.3 Å². The number of aliphatic carboxylic acids is 1. The van der Waals surface area contributed by atoms with Gasteiger partial charge in [0, 0.05) is 24.8 Å². The lowest BCUT2D eigenvalue weighted by Crippen LogP contribution is -2.45. The first-order valence-electron chi connectivity index (χ1n) is 13.0. The standard InChI is InChI=1S/C25H31F3N4O9S/c1-4-31-14-19(20(30-31)39-10-9-33)42(37,38)32-13-16(12-24(7-8-24)21(34)35)40-18-6-5-15(11-17(18)32)29-22(36)41-23(2,3)25(26,27)28/h5-6,11,14,16,33H,4,7-10,12-13H2,1-3H3,(H,29,36)(H,34,35)/t16-/m0/s1. The molecule has 1 saturated carbocycles. The molecule has 0 unspecified atom stereocenters. The molecule has 1 fully saturated rings. The minimum Gasteiger partial charge on any atom is -0.486 e. The zero-order valence-electron chi connectivity index (χ0n) is 23.0. The maximum absolute atomic E-state index is 14.1. The molecule has 0 saturated heterocycles. The highest BCUT2D eigenvalue weighted by Crippen LogP contribution is 2.52. The second kappa shape index (κ2) is 11.2. The Labute approximate surface area is 239 Å². The Kier molecular flexibility index (Phi) is 8.30. The van der Waals surface area contributed by atoms with Crippen molar-refractivity contribution in [3.05, 3.63) is 24.4 Å². The van der Waals surface area contributed by atoms with Crippen LogP contribution in [0.5, 0.6) is 11.6 Å². The van der Waals surface area contributed by atoms with Gasteiger partial charge in [-0.25, -0.2) is 13.2 Å². The number of ether oxygens (including phenoxy) is 3. The number of carbonyl (C=O) groups excluding carboxylic acids is 1. The summed E-state index contributed by atoms with van der Waals surface area (Å²) in [5.74, 6) is -1.26. The minimum absolute atomic E-state index is 0.0226. The molecule has 1 aliphatic carbocycles. The van der Waals surface area contributed by atoms with E-state index in [1.807, 2.05) is 0 Å². The maximum atomic E-state index is 14.1. The molecule has 1 aromatic carbocycles. The number of fused-ring (bicyclic) bond motifs is 1.